The van der Waals surface area contributed by atoms with Crippen LogP contribution in [0, 0.1) is 0 Å². The SMILES string of the molecule is CC(CC(F)(F)F)Nc1nccc(C(N)=S)n1. The normalized spacial score (nSPS) is 13.2. The lowest BCUT2D eigenvalue weighted by atomic mass is 10.2. The number of thiocarbonyl (C=S) groups is 1. The quantitative estimate of drug-likeness (QED) is 0.813. The highest BCUT2D eigenvalue weighted by molar-refractivity contribution is 7.80. The summed E-state index contributed by atoms with van der Waals surface area (Å²) < 4.78 is 36.3. The highest BCUT2D eigenvalue weighted by atomic mass is 32.1. The Morgan fingerprint density at radius 1 is 1.59 bits per heavy atom. The van der Waals surface area contributed by atoms with Crippen molar-refractivity contribution in [3.05, 3.63) is 18.0 Å². The van der Waals surface area contributed by atoms with Crippen LogP contribution in [0.15, 0.2) is 12.3 Å². The van der Waals surface area contributed by atoms with Gasteiger partial charge in [-0.05, 0) is 13.0 Å². The van der Waals surface area contributed by atoms with Crippen LogP contribution >= 0.6 is 12.2 Å². The summed E-state index contributed by atoms with van der Waals surface area (Å²) in [6, 6.07) is 0.665. The van der Waals surface area contributed by atoms with Gasteiger partial charge in [0.2, 0.25) is 5.95 Å². The molecule has 1 aromatic rings. The number of halogens is 3. The van der Waals surface area contributed by atoms with E-state index in [4.69, 9.17) is 18.0 Å². The Labute approximate surface area is 101 Å². The van der Waals surface area contributed by atoms with Gasteiger partial charge in [0.05, 0.1) is 6.42 Å². The van der Waals surface area contributed by atoms with Crippen LogP contribution in [0.3, 0.4) is 0 Å². The third kappa shape index (κ3) is 4.94. The Morgan fingerprint density at radius 3 is 2.76 bits per heavy atom. The Morgan fingerprint density at radius 2 is 2.24 bits per heavy atom. The van der Waals surface area contributed by atoms with E-state index in [1.165, 1.54) is 19.2 Å². The van der Waals surface area contributed by atoms with Gasteiger partial charge in [0, 0.05) is 12.2 Å². The molecule has 4 nitrogen and oxygen atoms in total. The summed E-state index contributed by atoms with van der Waals surface area (Å²) in [5.74, 6) is 0.0760. The molecule has 0 radical (unpaired) electrons. The Bertz CT molecular complexity index is 407. The maximum atomic E-state index is 12.1. The van der Waals surface area contributed by atoms with E-state index < -0.39 is 18.6 Å². The molecule has 0 spiro atoms. The Balaban J connectivity index is 2.68. The molecule has 3 N–H and O–H groups in total. The Hall–Kier alpha value is -1.44. The predicted molar refractivity (Wildman–Crippen MR) is 61.7 cm³/mol. The third-order valence-corrected chi connectivity index (χ3v) is 2.03. The van der Waals surface area contributed by atoms with Gasteiger partial charge in [0.1, 0.15) is 10.7 Å². The second-order valence-electron chi connectivity index (χ2n) is 3.49. The average Bonchev–Trinajstić information content (AvgIpc) is 2.14. The number of hydrogen-bond acceptors (Lipinski definition) is 4. The predicted octanol–water partition coefficient (Wildman–Crippen LogP) is 1.86. The van der Waals surface area contributed by atoms with Gasteiger partial charge < -0.3 is 11.1 Å². The fourth-order valence-electron chi connectivity index (χ4n) is 1.18. The van der Waals surface area contributed by atoms with E-state index in [0.29, 0.717) is 5.69 Å². The molecule has 1 heterocycles. The third-order valence-electron chi connectivity index (χ3n) is 1.82. The molecule has 94 valence electrons. The number of rotatable bonds is 4. The van der Waals surface area contributed by atoms with Gasteiger partial charge in [-0.15, -0.1) is 0 Å². The van der Waals surface area contributed by atoms with Crippen molar-refractivity contribution in [3.8, 4) is 0 Å². The second-order valence-corrected chi connectivity index (χ2v) is 3.93. The van der Waals surface area contributed by atoms with E-state index >= 15 is 0 Å². The second kappa shape index (κ2) is 5.26. The minimum atomic E-state index is -4.23. The summed E-state index contributed by atoms with van der Waals surface area (Å²) in [7, 11) is 0. The largest absolute Gasteiger partial charge is 0.391 e. The van der Waals surface area contributed by atoms with Gasteiger partial charge in [-0.25, -0.2) is 9.97 Å². The molecule has 0 fully saturated rings. The molecule has 1 atom stereocenters. The van der Waals surface area contributed by atoms with Crippen molar-refractivity contribution in [2.24, 2.45) is 5.73 Å². The monoisotopic (exact) mass is 264 g/mol. The number of nitrogens with one attached hydrogen (secondary N) is 1. The molecule has 0 aliphatic carbocycles. The molecular weight excluding hydrogens is 253 g/mol. The molecule has 1 aromatic heterocycles. The van der Waals surface area contributed by atoms with E-state index in [9.17, 15) is 13.2 Å². The van der Waals surface area contributed by atoms with Crippen molar-refractivity contribution >= 4 is 23.2 Å². The fraction of sp³-hybridized carbons (Fsp3) is 0.444. The molecule has 1 unspecified atom stereocenters. The molecule has 0 saturated heterocycles. The van der Waals surface area contributed by atoms with E-state index in [2.05, 4.69) is 15.3 Å². The molecule has 0 saturated carbocycles. The highest BCUT2D eigenvalue weighted by Gasteiger charge is 2.30. The van der Waals surface area contributed by atoms with Crippen LogP contribution in [-0.4, -0.2) is 27.2 Å². The Kier molecular flexibility index (Phi) is 4.22. The number of anilines is 1. The molecule has 17 heavy (non-hydrogen) atoms. The lowest BCUT2D eigenvalue weighted by Gasteiger charge is -2.15. The van der Waals surface area contributed by atoms with Crippen molar-refractivity contribution < 1.29 is 13.2 Å². The maximum Gasteiger partial charge on any atom is 0.391 e. The minimum absolute atomic E-state index is 0.0684. The summed E-state index contributed by atoms with van der Waals surface area (Å²) >= 11 is 4.70. The molecular formula is C9H11F3N4S. The first-order valence-corrected chi connectivity index (χ1v) is 5.15. The first-order chi connectivity index (χ1) is 7.78. The van der Waals surface area contributed by atoms with Crippen molar-refractivity contribution in [2.75, 3.05) is 5.32 Å². The van der Waals surface area contributed by atoms with Gasteiger partial charge in [0.15, 0.2) is 0 Å². The van der Waals surface area contributed by atoms with Crippen LogP contribution in [0.25, 0.3) is 0 Å². The van der Waals surface area contributed by atoms with E-state index in [0.717, 1.165) is 0 Å². The van der Waals surface area contributed by atoms with Gasteiger partial charge in [-0.3, -0.25) is 0 Å². The maximum absolute atomic E-state index is 12.1. The zero-order valence-electron chi connectivity index (χ0n) is 8.95. The number of aromatic nitrogens is 2. The number of nitrogens with zero attached hydrogens (tertiary/aromatic N) is 2. The smallest absolute Gasteiger partial charge is 0.388 e. The first kappa shape index (κ1) is 13.6. The number of nitrogens with two attached hydrogens (primary N) is 1. The van der Waals surface area contributed by atoms with Crippen LogP contribution in [0.2, 0.25) is 0 Å². The first-order valence-electron chi connectivity index (χ1n) is 4.74. The molecule has 0 aliphatic heterocycles. The number of hydrogen-bond donors (Lipinski definition) is 2. The zero-order chi connectivity index (χ0) is 13.1. The van der Waals surface area contributed by atoms with Gasteiger partial charge >= 0.3 is 6.18 Å². The van der Waals surface area contributed by atoms with Gasteiger partial charge in [-0.2, -0.15) is 13.2 Å². The molecule has 0 bridgehead atoms. The van der Waals surface area contributed by atoms with E-state index in [1.807, 2.05) is 0 Å². The van der Waals surface area contributed by atoms with Crippen molar-refractivity contribution in [3.63, 3.8) is 0 Å². The molecule has 0 aromatic carbocycles. The molecule has 8 heteroatoms. The van der Waals surface area contributed by atoms with Crippen LogP contribution in [0.4, 0.5) is 19.1 Å². The highest BCUT2D eigenvalue weighted by Crippen LogP contribution is 2.22. The molecule has 1 rings (SSSR count). The van der Waals surface area contributed by atoms with Crippen LogP contribution in [0.1, 0.15) is 19.0 Å². The van der Waals surface area contributed by atoms with Crippen LogP contribution < -0.4 is 11.1 Å². The van der Waals surface area contributed by atoms with Crippen molar-refractivity contribution in [1.82, 2.24) is 9.97 Å². The standard InChI is InChI=1S/C9H11F3N4S/c1-5(4-9(10,11)12)15-8-14-3-2-6(16-8)7(13)17/h2-3,5H,4H2,1H3,(H2,13,17)(H,14,15,16). The van der Waals surface area contributed by atoms with Crippen molar-refractivity contribution in [2.45, 2.75) is 25.6 Å². The average molecular weight is 264 g/mol. The van der Waals surface area contributed by atoms with Crippen LogP contribution in [-0.2, 0) is 0 Å². The summed E-state index contributed by atoms with van der Waals surface area (Å²) in [5, 5.41) is 2.54. The summed E-state index contributed by atoms with van der Waals surface area (Å²) in [6.07, 6.45) is -3.81. The number of alkyl halides is 3. The fourth-order valence-corrected chi connectivity index (χ4v) is 1.30. The van der Waals surface area contributed by atoms with Crippen molar-refractivity contribution in [1.29, 1.82) is 0 Å². The summed E-state index contributed by atoms with van der Waals surface area (Å²) in [4.78, 5) is 7.74. The van der Waals surface area contributed by atoms with Crippen LogP contribution in [0.5, 0.6) is 0 Å². The van der Waals surface area contributed by atoms with E-state index in [1.54, 1.807) is 0 Å². The summed E-state index contributed by atoms with van der Waals surface area (Å²) in [6.45, 7) is 1.39. The van der Waals surface area contributed by atoms with Gasteiger partial charge in [-0.1, -0.05) is 12.2 Å². The topological polar surface area (TPSA) is 63.8 Å². The van der Waals surface area contributed by atoms with E-state index in [-0.39, 0.29) is 10.9 Å². The minimum Gasteiger partial charge on any atom is -0.388 e. The lowest BCUT2D eigenvalue weighted by Crippen LogP contribution is -2.25. The molecule has 0 aliphatic rings. The lowest BCUT2D eigenvalue weighted by molar-refractivity contribution is -0.136. The van der Waals surface area contributed by atoms with Gasteiger partial charge in [0.25, 0.3) is 0 Å². The summed E-state index contributed by atoms with van der Waals surface area (Å²) in [5.41, 5.74) is 5.66. The zero-order valence-corrected chi connectivity index (χ0v) is 9.77. The molecule has 0 amide bonds.